The summed E-state index contributed by atoms with van der Waals surface area (Å²) in [6, 6.07) is 6.19. The highest BCUT2D eigenvalue weighted by Gasteiger charge is 2.04. The molecule has 1 N–H and O–H groups in total. The summed E-state index contributed by atoms with van der Waals surface area (Å²) in [7, 11) is 0. The molecule has 1 aromatic rings. The molecule has 0 spiro atoms. The second-order valence-corrected chi connectivity index (χ2v) is 6.32. The van der Waals surface area contributed by atoms with Crippen LogP contribution in [0.5, 0.6) is 5.75 Å². The number of hydrogen-bond acceptors (Lipinski definition) is 3. The monoisotopic (exact) mass is 357 g/mol. The molecule has 0 aliphatic rings. The molecule has 1 rings (SSSR count). The van der Waals surface area contributed by atoms with Gasteiger partial charge in [-0.15, -0.1) is 0 Å². The first-order chi connectivity index (χ1) is 10.1. The number of hydrogen-bond donors (Lipinski definition) is 1. The molecule has 0 atom stereocenters. The first-order valence-electron chi connectivity index (χ1n) is 7.87. The molecule has 0 saturated heterocycles. The van der Waals surface area contributed by atoms with Crippen LogP contribution in [-0.2, 0) is 11.3 Å². The van der Waals surface area contributed by atoms with Crippen molar-refractivity contribution in [2.75, 3.05) is 19.8 Å². The summed E-state index contributed by atoms with van der Waals surface area (Å²) in [5, 5.41) is 3.48. The zero-order valence-electron chi connectivity index (χ0n) is 13.5. The van der Waals surface area contributed by atoms with E-state index in [1.807, 2.05) is 12.1 Å². The van der Waals surface area contributed by atoms with Crippen molar-refractivity contribution in [2.24, 2.45) is 0 Å². The van der Waals surface area contributed by atoms with E-state index in [2.05, 4.69) is 48.1 Å². The molecule has 0 saturated carbocycles. The lowest BCUT2D eigenvalue weighted by Gasteiger charge is -2.12. The molecule has 1 aromatic carbocycles. The lowest BCUT2D eigenvalue weighted by Crippen LogP contribution is -2.16. The van der Waals surface area contributed by atoms with Crippen LogP contribution in [0.1, 0.15) is 45.6 Å². The quantitative estimate of drug-likeness (QED) is 0.590. The number of unbranched alkanes of at least 4 members (excludes halogenated alkanes) is 1. The first kappa shape index (κ1) is 18.5. The van der Waals surface area contributed by atoms with Gasteiger partial charge in [-0.3, -0.25) is 0 Å². The smallest absolute Gasteiger partial charge is 0.123 e. The largest absolute Gasteiger partial charge is 0.493 e. The predicted molar refractivity (Wildman–Crippen MR) is 92.0 cm³/mol. The van der Waals surface area contributed by atoms with Crippen LogP contribution in [-0.4, -0.2) is 25.9 Å². The number of benzene rings is 1. The van der Waals surface area contributed by atoms with E-state index in [4.69, 9.17) is 9.47 Å². The fourth-order valence-electron chi connectivity index (χ4n) is 1.93. The van der Waals surface area contributed by atoms with Gasteiger partial charge in [-0.2, -0.15) is 0 Å². The van der Waals surface area contributed by atoms with Crippen LogP contribution in [0.2, 0.25) is 0 Å². The van der Waals surface area contributed by atoms with Crippen molar-refractivity contribution in [3.63, 3.8) is 0 Å². The van der Waals surface area contributed by atoms with Gasteiger partial charge in [0.15, 0.2) is 0 Å². The Morgan fingerprint density at radius 3 is 2.71 bits per heavy atom. The van der Waals surface area contributed by atoms with Crippen molar-refractivity contribution in [2.45, 2.75) is 52.7 Å². The number of ether oxygens (including phenoxy) is 2. The fraction of sp³-hybridized carbons (Fsp3) is 0.647. The third kappa shape index (κ3) is 8.44. The zero-order chi connectivity index (χ0) is 15.5. The molecule has 120 valence electrons. The van der Waals surface area contributed by atoms with E-state index in [-0.39, 0.29) is 0 Å². The lowest BCUT2D eigenvalue weighted by molar-refractivity contribution is 0.0760. The molecule has 0 amide bonds. The van der Waals surface area contributed by atoms with E-state index in [0.29, 0.717) is 6.10 Å². The van der Waals surface area contributed by atoms with Crippen LogP contribution in [0.25, 0.3) is 0 Å². The minimum Gasteiger partial charge on any atom is -0.493 e. The topological polar surface area (TPSA) is 30.5 Å². The molecule has 0 bridgehead atoms. The maximum Gasteiger partial charge on any atom is 0.123 e. The van der Waals surface area contributed by atoms with Crippen molar-refractivity contribution in [1.29, 1.82) is 0 Å². The van der Waals surface area contributed by atoms with Gasteiger partial charge in [0.25, 0.3) is 0 Å². The van der Waals surface area contributed by atoms with E-state index >= 15 is 0 Å². The van der Waals surface area contributed by atoms with Crippen LogP contribution in [0, 0.1) is 0 Å². The van der Waals surface area contributed by atoms with Crippen LogP contribution < -0.4 is 10.1 Å². The molecular formula is C17H28BrNO2. The average Bonchev–Trinajstić information content (AvgIpc) is 2.45. The number of nitrogens with one attached hydrogen (secondary N) is 1. The average molecular weight is 358 g/mol. The molecule has 0 aliphatic heterocycles. The van der Waals surface area contributed by atoms with Gasteiger partial charge in [-0.05, 0) is 57.9 Å². The Kier molecular flexibility index (Phi) is 9.72. The zero-order valence-corrected chi connectivity index (χ0v) is 15.0. The van der Waals surface area contributed by atoms with Crippen molar-refractivity contribution < 1.29 is 9.47 Å². The molecular weight excluding hydrogens is 330 g/mol. The summed E-state index contributed by atoms with van der Waals surface area (Å²) in [5.74, 6) is 0.982. The predicted octanol–water partition coefficient (Wildman–Crippen LogP) is 4.53. The summed E-state index contributed by atoms with van der Waals surface area (Å²) in [6.45, 7) is 9.72. The highest BCUT2D eigenvalue weighted by Crippen LogP contribution is 2.23. The number of halogens is 1. The minimum absolute atomic E-state index is 0.331. The fourth-order valence-corrected chi connectivity index (χ4v) is 2.34. The molecule has 3 nitrogen and oxygen atoms in total. The Balaban J connectivity index is 2.28. The highest BCUT2D eigenvalue weighted by atomic mass is 79.9. The van der Waals surface area contributed by atoms with Crippen LogP contribution in [0.15, 0.2) is 22.7 Å². The van der Waals surface area contributed by atoms with E-state index in [9.17, 15) is 0 Å². The second kappa shape index (κ2) is 11.0. The molecule has 21 heavy (non-hydrogen) atoms. The summed E-state index contributed by atoms with van der Waals surface area (Å²) in [4.78, 5) is 0. The van der Waals surface area contributed by atoms with E-state index < -0.39 is 0 Å². The lowest BCUT2D eigenvalue weighted by atomic mass is 10.2. The summed E-state index contributed by atoms with van der Waals surface area (Å²) in [6.07, 6.45) is 3.59. The third-order valence-corrected chi connectivity index (χ3v) is 3.49. The number of rotatable bonds is 11. The second-order valence-electron chi connectivity index (χ2n) is 5.40. The van der Waals surface area contributed by atoms with Gasteiger partial charge in [0, 0.05) is 23.2 Å². The maximum absolute atomic E-state index is 5.78. The van der Waals surface area contributed by atoms with Gasteiger partial charge in [0.2, 0.25) is 0 Å². The standard InChI is InChI=1S/C17H28BrNO2/c1-4-10-21-17-8-7-16(18)12-15(17)13-19-9-5-6-11-20-14(2)3/h7-8,12,14,19H,4-6,9-11,13H2,1-3H3. The maximum atomic E-state index is 5.78. The van der Waals surface area contributed by atoms with Gasteiger partial charge in [0.05, 0.1) is 12.7 Å². The van der Waals surface area contributed by atoms with Gasteiger partial charge in [0.1, 0.15) is 5.75 Å². The van der Waals surface area contributed by atoms with Crippen LogP contribution in [0.3, 0.4) is 0 Å². The molecule has 0 unspecified atom stereocenters. The van der Waals surface area contributed by atoms with Gasteiger partial charge in [-0.1, -0.05) is 22.9 Å². The molecule has 4 heteroatoms. The van der Waals surface area contributed by atoms with Gasteiger partial charge in [-0.25, -0.2) is 0 Å². The van der Waals surface area contributed by atoms with Crippen molar-refractivity contribution >= 4 is 15.9 Å². The Morgan fingerprint density at radius 2 is 2.00 bits per heavy atom. The van der Waals surface area contributed by atoms with E-state index in [0.717, 1.165) is 55.8 Å². The molecule has 0 aliphatic carbocycles. The van der Waals surface area contributed by atoms with Gasteiger partial charge < -0.3 is 14.8 Å². The molecule has 0 heterocycles. The van der Waals surface area contributed by atoms with Crippen molar-refractivity contribution in [3.8, 4) is 5.75 Å². The summed E-state index contributed by atoms with van der Waals surface area (Å²) in [5.41, 5.74) is 1.20. The normalized spacial score (nSPS) is 11.1. The summed E-state index contributed by atoms with van der Waals surface area (Å²) < 4.78 is 12.4. The minimum atomic E-state index is 0.331. The molecule has 0 radical (unpaired) electrons. The van der Waals surface area contributed by atoms with Crippen molar-refractivity contribution in [3.05, 3.63) is 28.2 Å². The van der Waals surface area contributed by atoms with E-state index in [1.54, 1.807) is 0 Å². The van der Waals surface area contributed by atoms with E-state index in [1.165, 1.54) is 5.56 Å². The van der Waals surface area contributed by atoms with Crippen molar-refractivity contribution in [1.82, 2.24) is 5.32 Å². The van der Waals surface area contributed by atoms with Gasteiger partial charge >= 0.3 is 0 Å². The highest BCUT2D eigenvalue weighted by molar-refractivity contribution is 9.10. The SMILES string of the molecule is CCCOc1ccc(Br)cc1CNCCCCOC(C)C. The van der Waals surface area contributed by atoms with Crippen LogP contribution in [0.4, 0.5) is 0 Å². The third-order valence-electron chi connectivity index (χ3n) is 3.00. The summed E-state index contributed by atoms with van der Waals surface area (Å²) >= 11 is 3.52. The molecule has 0 aromatic heterocycles. The Labute approximate surface area is 137 Å². The molecule has 0 fully saturated rings. The Bertz CT molecular complexity index is 396. The Morgan fingerprint density at radius 1 is 1.19 bits per heavy atom. The van der Waals surface area contributed by atoms with Crippen LogP contribution >= 0.6 is 15.9 Å². The first-order valence-corrected chi connectivity index (χ1v) is 8.66. The Hall–Kier alpha value is -0.580.